The smallest absolute Gasteiger partial charge is 0.264 e. The average Bonchev–Trinajstić information content (AvgIpc) is 2.91. The van der Waals surface area contributed by atoms with E-state index in [0.717, 1.165) is 27.4 Å². The molecule has 41 heavy (non-hydrogen) atoms. The van der Waals surface area contributed by atoms with Crippen LogP contribution in [0.1, 0.15) is 50.3 Å². The number of benzene rings is 3. The Hall–Kier alpha value is -3.07. The number of nitrogens with zero attached hydrogens (tertiary/aromatic N) is 2. The zero-order valence-electron chi connectivity index (χ0n) is 24.0. The van der Waals surface area contributed by atoms with Crippen LogP contribution in [-0.2, 0) is 26.2 Å². The SMILES string of the molecule is CC[C@@H](C)NC(=O)[C@H](CC)N(Cc1cccc(C)c1)C(=O)CN(c1cc(Cl)cc(Cl)c1)S(=O)(=O)c1ccc(C)cc1. The van der Waals surface area contributed by atoms with Crippen molar-refractivity contribution in [2.24, 2.45) is 0 Å². The van der Waals surface area contributed by atoms with Crippen LogP contribution in [0.25, 0.3) is 0 Å². The number of carbonyl (C=O) groups is 2. The molecule has 3 aromatic carbocycles. The van der Waals surface area contributed by atoms with E-state index in [2.05, 4.69) is 5.32 Å². The van der Waals surface area contributed by atoms with E-state index in [-0.39, 0.29) is 39.1 Å². The molecule has 0 fully saturated rings. The van der Waals surface area contributed by atoms with E-state index in [1.165, 1.54) is 35.2 Å². The number of halogens is 2. The molecule has 10 heteroatoms. The van der Waals surface area contributed by atoms with Crippen LogP contribution in [0.3, 0.4) is 0 Å². The van der Waals surface area contributed by atoms with Gasteiger partial charge in [0.2, 0.25) is 11.8 Å². The van der Waals surface area contributed by atoms with Crippen LogP contribution in [0.15, 0.2) is 71.6 Å². The first-order valence-corrected chi connectivity index (χ1v) is 15.8. The molecule has 0 aromatic heterocycles. The minimum atomic E-state index is -4.22. The van der Waals surface area contributed by atoms with Crippen molar-refractivity contribution in [2.75, 3.05) is 10.8 Å². The molecule has 0 aliphatic carbocycles. The maximum Gasteiger partial charge on any atom is 0.264 e. The number of nitrogens with one attached hydrogen (secondary N) is 1. The second kappa shape index (κ2) is 14.2. The fraction of sp³-hybridized carbons (Fsp3) is 0.355. The first-order valence-electron chi connectivity index (χ1n) is 13.6. The molecule has 0 saturated heterocycles. The molecule has 0 spiro atoms. The molecule has 0 bridgehead atoms. The molecule has 3 rings (SSSR count). The lowest BCUT2D eigenvalue weighted by molar-refractivity contribution is -0.140. The Morgan fingerprint density at radius 1 is 0.878 bits per heavy atom. The van der Waals surface area contributed by atoms with Crippen LogP contribution in [0, 0.1) is 13.8 Å². The fourth-order valence-corrected chi connectivity index (χ4v) is 6.33. The minimum Gasteiger partial charge on any atom is -0.352 e. The van der Waals surface area contributed by atoms with Crippen molar-refractivity contribution >= 4 is 50.7 Å². The highest BCUT2D eigenvalue weighted by atomic mass is 35.5. The predicted molar refractivity (Wildman–Crippen MR) is 166 cm³/mol. The third kappa shape index (κ3) is 8.47. The second-order valence-corrected chi connectivity index (χ2v) is 12.9. The van der Waals surface area contributed by atoms with Gasteiger partial charge in [-0.05, 0) is 69.5 Å². The highest BCUT2D eigenvalue weighted by Crippen LogP contribution is 2.30. The van der Waals surface area contributed by atoms with E-state index in [0.29, 0.717) is 6.42 Å². The van der Waals surface area contributed by atoms with Gasteiger partial charge in [0.25, 0.3) is 10.0 Å². The van der Waals surface area contributed by atoms with Crippen LogP contribution in [-0.4, -0.2) is 43.8 Å². The number of amides is 2. The van der Waals surface area contributed by atoms with Crippen molar-refractivity contribution < 1.29 is 18.0 Å². The van der Waals surface area contributed by atoms with Crippen LogP contribution in [0.5, 0.6) is 0 Å². The van der Waals surface area contributed by atoms with Gasteiger partial charge in [-0.25, -0.2) is 8.42 Å². The number of anilines is 1. The lowest BCUT2D eigenvalue weighted by Crippen LogP contribution is -2.53. The fourth-order valence-electron chi connectivity index (χ4n) is 4.42. The first kappa shape index (κ1) is 32.4. The van der Waals surface area contributed by atoms with Gasteiger partial charge in [-0.15, -0.1) is 0 Å². The third-order valence-electron chi connectivity index (χ3n) is 6.85. The number of sulfonamides is 1. The summed E-state index contributed by atoms with van der Waals surface area (Å²) in [6.07, 6.45) is 1.07. The Morgan fingerprint density at radius 3 is 2.07 bits per heavy atom. The van der Waals surface area contributed by atoms with Crippen molar-refractivity contribution in [1.29, 1.82) is 0 Å². The molecule has 2 atom stereocenters. The molecule has 1 N–H and O–H groups in total. The van der Waals surface area contributed by atoms with Crippen LogP contribution in [0.2, 0.25) is 10.0 Å². The van der Waals surface area contributed by atoms with Crippen LogP contribution >= 0.6 is 23.2 Å². The molecule has 0 unspecified atom stereocenters. The van der Waals surface area contributed by atoms with Crippen molar-refractivity contribution in [2.45, 2.75) is 71.0 Å². The number of hydrogen-bond acceptors (Lipinski definition) is 4. The summed E-state index contributed by atoms with van der Waals surface area (Å²) in [5, 5.41) is 3.42. The zero-order valence-corrected chi connectivity index (χ0v) is 26.4. The zero-order chi connectivity index (χ0) is 30.3. The van der Waals surface area contributed by atoms with E-state index in [1.54, 1.807) is 12.1 Å². The molecule has 220 valence electrons. The number of aryl methyl sites for hydroxylation is 2. The lowest BCUT2D eigenvalue weighted by Gasteiger charge is -2.34. The molecule has 3 aromatic rings. The van der Waals surface area contributed by atoms with E-state index < -0.39 is 28.5 Å². The Kier molecular flexibility index (Phi) is 11.2. The van der Waals surface area contributed by atoms with Crippen molar-refractivity contribution in [3.8, 4) is 0 Å². The van der Waals surface area contributed by atoms with E-state index in [1.807, 2.05) is 58.9 Å². The molecule has 2 amide bonds. The predicted octanol–water partition coefficient (Wildman–Crippen LogP) is 6.53. The van der Waals surface area contributed by atoms with Gasteiger partial charge in [-0.3, -0.25) is 13.9 Å². The summed E-state index contributed by atoms with van der Waals surface area (Å²) in [6, 6.07) is 17.5. The monoisotopic (exact) mass is 617 g/mol. The lowest BCUT2D eigenvalue weighted by atomic mass is 10.1. The Balaban J connectivity index is 2.09. The molecule has 7 nitrogen and oxygen atoms in total. The van der Waals surface area contributed by atoms with Gasteiger partial charge in [0.1, 0.15) is 12.6 Å². The van der Waals surface area contributed by atoms with Crippen molar-refractivity contribution in [3.63, 3.8) is 0 Å². The highest BCUT2D eigenvalue weighted by molar-refractivity contribution is 7.92. The van der Waals surface area contributed by atoms with Gasteiger partial charge < -0.3 is 10.2 Å². The molecular formula is C31H37Cl2N3O4S. The highest BCUT2D eigenvalue weighted by Gasteiger charge is 2.34. The normalized spacial score (nSPS) is 12.9. The molecule has 0 heterocycles. The summed E-state index contributed by atoms with van der Waals surface area (Å²) in [7, 11) is -4.22. The molecule has 0 aliphatic heterocycles. The minimum absolute atomic E-state index is 0.0128. The molecular weight excluding hydrogens is 581 g/mol. The maximum absolute atomic E-state index is 14.2. The summed E-state index contributed by atoms with van der Waals surface area (Å²) in [5.41, 5.74) is 2.86. The van der Waals surface area contributed by atoms with Gasteiger partial charge in [-0.2, -0.15) is 0 Å². The Morgan fingerprint density at radius 2 is 1.51 bits per heavy atom. The van der Waals surface area contributed by atoms with Crippen LogP contribution < -0.4 is 9.62 Å². The summed E-state index contributed by atoms with van der Waals surface area (Å²) in [6.45, 7) is 9.05. The van der Waals surface area contributed by atoms with E-state index >= 15 is 0 Å². The number of carbonyl (C=O) groups excluding carboxylic acids is 2. The maximum atomic E-state index is 14.2. The van der Waals surface area contributed by atoms with Gasteiger partial charge in [-0.1, -0.05) is 84.6 Å². The van der Waals surface area contributed by atoms with Crippen molar-refractivity contribution in [3.05, 3.63) is 93.5 Å². The standard InChI is InChI=1S/C31H37Cl2N3O4S/c1-6-23(5)34-31(38)29(7-2)35(19-24-10-8-9-22(4)15-24)30(37)20-36(27-17-25(32)16-26(33)18-27)41(39,40)28-13-11-21(3)12-14-28/h8-18,23,29H,6-7,19-20H2,1-5H3,(H,34,38)/t23-,29+/m1/s1. The average molecular weight is 619 g/mol. The number of hydrogen-bond donors (Lipinski definition) is 1. The summed E-state index contributed by atoms with van der Waals surface area (Å²) < 4.78 is 29.0. The van der Waals surface area contributed by atoms with Gasteiger partial charge in [0, 0.05) is 22.6 Å². The van der Waals surface area contributed by atoms with E-state index in [9.17, 15) is 18.0 Å². The quantitative estimate of drug-likeness (QED) is 0.250. The topological polar surface area (TPSA) is 86.8 Å². The van der Waals surface area contributed by atoms with E-state index in [4.69, 9.17) is 23.2 Å². The van der Waals surface area contributed by atoms with Gasteiger partial charge >= 0.3 is 0 Å². The Bertz CT molecular complexity index is 1460. The van der Waals surface area contributed by atoms with Crippen LogP contribution in [0.4, 0.5) is 5.69 Å². The summed E-state index contributed by atoms with van der Waals surface area (Å²) >= 11 is 12.5. The van der Waals surface area contributed by atoms with Gasteiger partial charge in [0.15, 0.2) is 0 Å². The largest absolute Gasteiger partial charge is 0.352 e. The Labute approximate surface area is 253 Å². The molecule has 0 aliphatic rings. The summed E-state index contributed by atoms with van der Waals surface area (Å²) in [5.74, 6) is -0.828. The molecule has 0 radical (unpaired) electrons. The molecule has 0 saturated carbocycles. The number of rotatable bonds is 12. The summed E-state index contributed by atoms with van der Waals surface area (Å²) in [4.78, 5) is 29.0. The van der Waals surface area contributed by atoms with Gasteiger partial charge in [0.05, 0.1) is 10.6 Å². The second-order valence-electron chi connectivity index (χ2n) is 10.2. The third-order valence-corrected chi connectivity index (χ3v) is 9.07. The first-order chi connectivity index (χ1) is 19.3. The van der Waals surface area contributed by atoms with Crippen molar-refractivity contribution in [1.82, 2.24) is 10.2 Å².